The van der Waals surface area contributed by atoms with Crippen LogP contribution in [0.15, 0.2) is 97.1 Å². The summed E-state index contributed by atoms with van der Waals surface area (Å²) in [5, 5.41) is 12.5. The molecule has 4 aliphatic heterocycles. The maximum absolute atomic E-state index is 13.6. The number of hydrogen-bond acceptors (Lipinski definition) is 7. The lowest BCUT2D eigenvalue weighted by atomic mass is 9.83. The van der Waals surface area contributed by atoms with Gasteiger partial charge in [-0.3, -0.25) is 19.2 Å². The fourth-order valence-electron chi connectivity index (χ4n) is 8.57. The Morgan fingerprint density at radius 2 is 0.769 bits per heavy atom. The number of alkyl halides is 15. The number of nitrogens with one attached hydrogen (secondary N) is 2. The van der Waals surface area contributed by atoms with Gasteiger partial charge < -0.3 is 40.2 Å². The molecule has 8 rings (SSSR count). The lowest BCUT2D eigenvalue weighted by Gasteiger charge is -2.57. The Hall–Kier alpha value is -7.59. The monoisotopic (exact) mass is 1130 g/mol. The molecule has 6 amide bonds. The van der Waals surface area contributed by atoms with Gasteiger partial charge in [0.05, 0.1) is 35.3 Å². The SMILES string of the molecule is C.CNC(=O)N1CC2(C1)C(=O)N(Cc1ccc(C(F)(F)F)cc1)CC(=O)N2Cc1ccc(C(F)(F)F)cc1.O=C(O)C(F)(F)F.O=C1CN(Cc2ccc(C(F)(F)F)cc2)C(=O)C2(CNC2)N1Cc1ccc(C(F)(F)F)cc1. The van der Waals surface area contributed by atoms with Crippen LogP contribution in [0.3, 0.4) is 0 Å². The summed E-state index contributed by atoms with van der Waals surface area (Å²) in [7, 11) is 1.40. The van der Waals surface area contributed by atoms with Gasteiger partial charge in [-0.25, -0.2) is 9.59 Å². The third kappa shape index (κ3) is 13.7. The van der Waals surface area contributed by atoms with Crippen molar-refractivity contribution in [3.63, 3.8) is 0 Å². The minimum absolute atomic E-state index is 0. The highest BCUT2D eigenvalue weighted by atomic mass is 19.4. The van der Waals surface area contributed by atoms with Crippen LogP contribution in [-0.2, 0) is 74.9 Å². The first-order chi connectivity index (χ1) is 35.6. The van der Waals surface area contributed by atoms with Crippen molar-refractivity contribution in [2.45, 2.75) is 75.6 Å². The van der Waals surface area contributed by atoms with E-state index in [0.717, 1.165) is 48.5 Å². The third-order valence-electron chi connectivity index (χ3n) is 12.7. The summed E-state index contributed by atoms with van der Waals surface area (Å²) < 4.78 is 186. The molecule has 0 bridgehead atoms. The van der Waals surface area contributed by atoms with Gasteiger partial charge in [-0.2, -0.15) is 65.9 Å². The highest BCUT2D eigenvalue weighted by Crippen LogP contribution is 2.38. The fourth-order valence-corrected chi connectivity index (χ4v) is 8.57. The van der Waals surface area contributed by atoms with Crippen molar-refractivity contribution >= 4 is 35.6 Å². The van der Waals surface area contributed by atoms with E-state index in [-0.39, 0.29) is 84.7 Å². The normalized spacial score (nSPS) is 17.3. The number of carboxylic acids is 1. The molecule has 78 heavy (non-hydrogen) atoms. The molecule has 14 nitrogen and oxygen atoms in total. The number of likely N-dealkylation sites (tertiary alicyclic amines) is 1. The molecule has 0 aromatic heterocycles. The second-order valence-electron chi connectivity index (χ2n) is 17.9. The summed E-state index contributed by atoms with van der Waals surface area (Å²) in [5.41, 5.74) is -4.31. The van der Waals surface area contributed by atoms with Gasteiger partial charge in [0.15, 0.2) is 5.54 Å². The van der Waals surface area contributed by atoms with Crippen LogP contribution in [0, 0.1) is 0 Å². The van der Waals surface area contributed by atoms with Crippen LogP contribution in [-0.4, -0.2) is 129 Å². The summed E-state index contributed by atoms with van der Waals surface area (Å²) in [6.07, 6.45) is -23.1. The molecular weight excluding hydrogens is 1080 g/mol. The van der Waals surface area contributed by atoms with E-state index in [1.165, 1.54) is 80.1 Å². The number of carbonyl (C=O) groups is 6. The molecule has 4 saturated heterocycles. The van der Waals surface area contributed by atoms with Crippen molar-refractivity contribution in [2.24, 2.45) is 0 Å². The molecule has 0 saturated carbocycles. The molecule has 29 heteroatoms. The molecule has 4 heterocycles. The molecule has 4 aromatic rings. The van der Waals surface area contributed by atoms with Crippen molar-refractivity contribution in [3.05, 3.63) is 142 Å². The molecular formula is C49H46F15N7O7. The Morgan fingerprint density at radius 1 is 0.500 bits per heavy atom. The number of halogens is 15. The molecule has 0 unspecified atom stereocenters. The molecule has 4 aromatic carbocycles. The molecule has 3 N–H and O–H groups in total. The van der Waals surface area contributed by atoms with Crippen LogP contribution >= 0.6 is 0 Å². The molecule has 4 aliphatic rings. The lowest BCUT2D eigenvalue weighted by molar-refractivity contribution is -0.192. The molecule has 424 valence electrons. The Kier molecular flexibility index (Phi) is 17.9. The average Bonchev–Trinajstić information content (AvgIpc) is 3.31. The number of aliphatic carboxylic acids is 1. The second kappa shape index (κ2) is 22.8. The number of benzene rings is 4. The molecule has 0 aliphatic carbocycles. The van der Waals surface area contributed by atoms with E-state index >= 15 is 0 Å². The number of rotatable bonds is 8. The summed E-state index contributed by atoms with van der Waals surface area (Å²) in [5.74, 6) is -4.50. The van der Waals surface area contributed by atoms with E-state index in [4.69, 9.17) is 9.90 Å². The fraction of sp³-hybridized carbons (Fsp3) is 0.388. The lowest BCUT2D eigenvalue weighted by Crippen LogP contribution is -2.81. The number of nitrogens with zero attached hydrogens (tertiary/aromatic N) is 5. The van der Waals surface area contributed by atoms with Crippen LogP contribution in [0.5, 0.6) is 0 Å². The van der Waals surface area contributed by atoms with Crippen molar-refractivity contribution < 1.29 is 99.7 Å². The number of amides is 6. The zero-order chi connectivity index (χ0) is 57.3. The first-order valence-corrected chi connectivity index (χ1v) is 22.4. The van der Waals surface area contributed by atoms with Gasteiger partial charge in [-0.1, -0.05) is 56.0 Å². The minimum Gasteiger partial charge on any atom is -0.475 e. The van der Waals surface area contributed by atoms with Crippen molar-refractivity contribution in [1.82, 2.24) is 35.1 Å². The average molecular weight is 1130 g/mol. The molecule has 2 spiro atoms. The van der Waals surface area contributed by atoms with Gasteiger partial charge in [0.2, 0.25) is 11.8 Å². The van der Waals surface area contributed by atoms with Gasteiger partial charge in [0, 0.05) is 46.3 Å². The minimum atomic E-state index is -5.08. The van der Waals surface area contributed by atoms with E-state index in [9.17, 15) is 89.8 Å². The van der Waals surface area contributed by atoms with Gasteiger partial charge in [-0.15, -0.1) is 0 Å². The predicted molar refractivity (Wildman–Crippen MR) is 242 cm³/mol. The zero-order valence-corrected chi connectivity index (χ0v) is 39.6. The predicted octanol–water partition coefficient (Wildman–Crippen LogP) is 8.20. The summed E-state index contributed by atoms with van der Waals surface area (Å²) in [6, 6.07) is 16.7. The highest BCUT2D eigenvalue weighted by Gasteiger charge is 2.61. The number of piperazine rings is 2. The van der Waals surface area contributed by atoms with Crippen molar-refractivity contribution in [1.29, 1.82) is 0 Å². The van der Waals surface area contributed by atoms with Crippen LogP contribution in [0.4, 0.5) is 70.7 Å². The standard InChI is InChI=1S/C24H22F6N4O3.C22H19F6N3O2.C2HF3O2.CH4/c1-31-21(37)33-13-22(14-33)20(36)32(10-15-2-6-17(7-3-15)23(25,26)27)12-19(35)34(22)11-16-4-8-18(9-5-16)24(28,29)30;23-21(24,25)16-5-1-14(2-6-16)9-30-11-18(32)31(20(19(30)33)12-29-13-20)10-15-3-7-17(8-4-15)22(26,27)28;3-2(4,5)1(6)7;/h2-9H,10-14H2,1H3,(H,31,37);1-8,29H,9-13H2;(H,6,7);1H4. The van der Waals surface area contributed by atoms with Crippen LogP contribution in [0.2, 0.25) is 0 Å². The van der Waals surface area contributed by atoms with E-state index in [2.05, 4.69) is 10.6 Å². The number of urea groups is 1. The van der Waals surface area contributed by atoms with Crippen LogP contribution in [0.25, 0.3) is 0 Å². The summed E-state index contributed by atoms with van der Waals surface area (Å²) >= 11 is 0. The van der Waals surface area contributed by atoms with Gasteiger partial charge in [0.25, 0.3) is 11.8 Å². The Bertz CT molecular complexity index is 2810. The summed E-state index contributed by atoms with van der Waals surface area (Å²) in [6.45, 7) is -0.898. The molecule has 0 atom stereocenters. The molecule has 0 radical (unpaired) electrons. The number of hydrogen-bond donors (Lipinski definition) is 3. The Labute approximate surface area is 433 Å². The van der Waals surface area contributed by atoms with Crippen LogP contribution in [0.1, 0.15) is 51.9 Å². The van der Waals surface area contributed by atoms with E-state index < -0.39 is 88.0 Å². The van der Waals surface area contributed by atoms with Crippen molar-refractivity contribution in [3.8, 4) is 0 Å². The quantitative estimate of drug-likeness (QED) is 0.149. The third-order valence-corrected chi connectivity index (χ3v) is 12.7. The smallest absolute Gasteiger partial charge is 0.475 e. The largest absolute Gasteiger partial charge is 0.490 e. The van der Waals surface area contributed by atoms with E-state index in [0.29, 0.717) is 22.3 Å². The number of carboxylic acid groups (broad SMARTS) is 1. The van der Waals surface area contributed by atoms with E-state index in [1.807, 2.05) is 0 Å². The summed E-state index contributed by atoms with van der Waals surface area (Å²) in [4.78, 5) is 80.4. The zero-order valence-electron chi connectivity index (χ0n) is 39.6. The number of carbonyl (C=O) groups excluding carboxylic acids is 5. The Morgan fingerprint density at radius 3 is 1.01 bits per heavy atom. The topological polar surface area (TPSA) is 163 Å². The Balaban J connectivity index is 0.000000254. The first-order valence-electron chi connectivity index (χ1n) is 22.4. The maximum Gasteiger partial charge on any atom is 0.490 e. The van der Waals surface area contributed by atoms with E-state index in [1.54, 1.807) is 0 Å². The highest BCUT2D eigenvalue weighted by molar-refractivity contribution is 6.01. The van der Waals surface area contributed by atoms with Gasteiger partial charge >= 0.3 is 42.9 Å². The van der Waals surface area contributed by atoms with Crippen LogP contribution < -0.4 is 10.6 Å². The molecule has 4 fully saturated rings. The second-order valence-corrected chi connectivity index (χ2v) is 17.9. The van der Waals surface area contributed by atoms with Gasteiger partial charge in [-0.05, 0) is 70.8 Å². The maximum atomic E-state index is 13.6. The van der Waals surface area contributed by atoms with Gasteiger partial charge in [0.1, 0.15) is 18.6 Å². The first kappa shape index (κ1) is 61.3. The van der Waals surface area contributed by atoms with Crippen molar-refractivity contribution in [2.75, 3.05) is 46.3 Å².